The van der Waals surface area contributed by atoms with Crippen molar-refractivity contribution in [3.05, 3.63) is 52.0 Å². The molecule has 0 aromatic heterocycles. The van der Waals surface area contributed by atoms with Crippen molar-refractivity contribution in [1.29, 1.82) is 0 Å². The van der Waals surface area contributed by atoms with Crippen LogP contribution in [0.1, 0.15) is 6.92 Å². The highest BCUT2D eigenvalue weighted by Gasteiger charge is 2.20. The lowest BCUT2D eigenvalue weighted by atomic mass is 10.3. The van der Waals surface area contributed by atoms with Gasteiger partial charge in [0.2, 0.25) is 10.0 Å². The second-order valence-electron chi connectivity index (χ2n) is 5.64. The zero-order chi connectivity index (χ0) is 19.5. The Morgan fingerprint density at radius 1 is 1.23 bits per heavy atom. The van der Waals surface area contributed by atoms with Gasteiger partial charge in [-0.15, -0.1) is 0 Å². The maximum absolute atomic E-state index is 12.3. The molecule has 0 fully saturated rings. The number of rotatable bonds is 6. The molecule has 0 saturated heterocycles. The molecule has 1 amide bonds. The van der Waals surface area contributed by atoms with E-state index < -0.39 is 22.0 Å². The minimum atomic E-state index is -3.58. The van der Waals surface area contributed by atoms with E-state index in [4.69, 9.17) is 16.3 Å². The SMILES string of the molecule is CC(Oc1ccc(Br)cc1Cl)C(=O)Nc1cccc(S(=O)(=O)N(C)C)c1. The van der Waals surface area contributed by atoms with E-state index in [1.165, 1.54) is 26.2 Å². The number of carbonyl (C=O) groups excluding carboxylic acids is 1. The molecule has 0 radical (unpaired) electrons. The van der Waals surface area contributed by atoms with E-state index in [1.54, 1.807) is 37.3 Å². The van der Waals surface area contributed by atoms with E-state index >= 15 is 0 Å². The molecule has 26 heavy (non-hydrogen) atoms. The molecule has 2 aromatic carbocycles. The summed E-state index contributed by atoms with van der Waals surface area (Å²) in [5.41, 5.74) is 0.357. The molecule has 0 spiro atoms. The number of anilines is 1. The Bertz CT molecular complexity index is 919. The Hall–Kier alpha value is -1.61. The maximum atomic E-state index is 12.3. The fourth-order valence-electron chi connectivity index (χ4n) is 2.00. The number of carbonyl (C=O) groups is 1. The van der Waals surface area contributed by atoms with Crippen LogP contribution in [0.2, 0.25) is 5.02 Å². The first-order chi connectivity index (χ1) is 12.1. The predicted molar refractivity (Wildman–Crippen MR) is 105 cm³/mol. The Morgan fingerprint density at radius 2 is 1.92 bits per heavy atom. The maximum Gasteiger partial charge on any atom is 0.265 e. The molecule has 0 aliphatic heterocycles. The van der Waals surface area contributed by atoms with Crippen LogP contribution in [-0.4, -0.2) is 38.8 Å². The summed E-state index contributed by atoms with van der Waals surface area (Å²) < 4.78 is 31.8. The molecule has 9 heteroatoms. The predicted octanol–water partition coefficient (Wildman–Crippen LogP) is 3.76. The van der Waals surface area contributed by atoms with Gasteiger partial charge in [0, 0.05) is 24.3 Å². The second kappa shape index (κ2) is 8.39. The van der Waals surface area contributed by atoms with Gasteiger partial charge in [0.25, 0.3) is 5.91 Å². The number of hydrogen-bond acceptors (Lipinski definition) is 4. The minimum absolute atomic E-state index is 0.0878. The molecule has 1 N–H and O–H groups in total. The zero-order valence-electron chi connectivity index (χ0n) is 14.4. The quantitative estimate of drug-likeness (QED) is 0.711. The molecular weight excluding hydrogens is 444 g/mol. The highest BCUT2D eigenvalue weighted by molar-refractivity contribution is 9.10. The summed E-state index contributed by atoms with van der Waals surface area (Å²) in [5.74, 6) is -0.0511. The van der Waals surface area contributed by atoms with Crippen LogP contribution in [0.25, 0.3) is 0 Å². The molecule has 0 aliphatic carbocycles. The van der Waals surface area contributed by atoms with Gasteiger partial charge in [-0.05, 0) is 43.3 Å². The van der Waals surface area contributed by atoms with Crippen molar-refractivity contribution in [1.82, 2.24) is 4.31 Å². The minimum Gasteiger partial charge on any atom is -0.479 e. The van der Waals surface area contributed by atoms with E-state index in [9.17, 15) is 13.2 Å². The molecule has 0 aliphatic rings. The van der Waals surface area contributed by atoms with E-state index in [2.05, 4.69) is 21.2 Å². The molecule has 0 saturated carbocycles. The average Bonchev–Trinajstić information content (AvgIpc) is 2.57. The van der Waals surface area contributed by atoms with Crippen LogP contribution >= 0.6 is 27.5 Å². The molecule has 2 aromatic rings. The van der Waals surface area contributed by atoms with Gasteiger partial charge in [0.15, 0.2) is 6.10 Å². The number of sulfonamides is 1. The summed E-state index contributed by atoms with van der Waals surface area (Å²) in [4.78, 5) is 12.4. The Kier molecular flexibility index (Phi) is 6.68. The van der Waals surface area contributed by atoms with Crippen molar-refractivity contribution < 1.29 is 17.9 Å². The largest absolute Gasteiger partial charge is 0.479 e. The number of halogens is 2. The van der Waals surface area contributed by atoms with Gasteiger partial charge >= 0.3 is 0 Å². The van der Waals surface area contributed by atoms with Gasteiger partial charge in [0.05, 0.1) is 9.92 Å². The van der Waals surface area contributed by atoms with E-state index in [0.717, 1.165) is 8.78 Å². The van der Waals surface area contributed by atoms with Crippen molar-refractivity contribution >= 4 is 49.1 Å². The third-order valence-corrected chi connectivity index (χ3v) is 6.05. The average molecular weight is 462 g/mol. The molecule has 2 rings (SSSR count). The summed E-state index contributed by atoms with van der Waals surface area (Å²) in [5, 5.41) is 3.02. The second-order valence-corrected chi connectivity index (χ2v) is 9.11. The van der Waals surface area contributed by atoms with E-state index in [1.807, 2.05) is 0 Å². The monoisotopic (exact) mass is 460 g/mol. The summed E-state index contributed by atoms with van der Waals surface area (Å²) in [6.45, 7) is 1.58. The smallest absolute Gasteiger partial charge is 0.265 e. The fourth-order valence-corrected chi connectivity index (χ4v) is 3.67. The highest BCUT2D eigenvalue weighted by Crippen LogP contribution is 2.28. The van der Waals surface area contributed by atoms with Crippen LogP contribution in [0.15, 0.2) is 51.8 Å². The van der Waals surface area contributed by atoms with Crippen LogP contribution in [0.3, 0.4) is 0 Å². The van der Waals surface area contributed by atoms with Gasteiger partial charge in [-0.2, -0.15) is 0 Å². The molecule has 140 valence electrons. The number of hydrogen-bond donors (Lipinski definition) is 1. The first kappa shape index (κ1) is 20.7. The van der Waals surface area contributed by atoms with Crippen LogP contribution in [-0.2, 0) is 14.8 Å². The normalized spacial score (nSPS) is 12.7. The summed E-state index contributed by atoms with van der Waals surface area (Å²) in [6, 6.07) is 11.1. The van der Waals surface area contributed by atoms with Gasteiger partial charge in [-0.25, -0.2) is 12.7 Å². The number of nitrogens with zero attached hydrogens (tertiary/aromatic N) is 1. The number of nitrogens with one attached hydrogen (secondary N) is 1. The number of benzene rings is 2. The van der Waals surface area contributed by atoms with Crippen LogP contribution in [0.4, 0.5) is 5.69 Å². The summed E-state index contributed by atoms with van der Waals surface area (Å²) >= 11 is 9.38. The Balaban J connectivity index is 2.12. The first-order valence-corrected chi connectivity index (χ1v) is 10.2. The molecule has 0 bridgehead atoms. The van der Waals surface area contributed by atoms with Crippen molar-refractivity contribution in [3.8, 4) is 5.75 Å². The van der Waals surface area contributed by atoms with Crippen molar-refractivity contribution in [2.75, 3.05) is 19.4 Å². The van der Waals surface area contributed by atoms with Gasteiger partial charge in [-0.3, -0.25) is 4.79 Å². The van der Waals surface area contributed by atoms with Gasteiger partial charge in [0.1, 0.15) is 5.75 Å². The Labute approximate surface area is 166 Å². The summed E-state index contributed by atoms with van der Waals surface area (Å²) in [6.07, 6.45) is -0.831. The van der Waals surface area contributed by atoms with Crippen molar-refractivity contribution in [2.45, 2.75) is 17.9 Å². The molecule has 0 heterocycles. The zero-order valence-corrected chi connectivity index (χ0v) is 17.5. The van der Waals surface area contributed by atoms with Gasteiger partial charge in [-0.1, -0.05) is 33.6 Å². The molecule has 1 atom stereocenters. The van der Waals surface area contributed by atoms with E-state index in [-0.39, 0.29) is 4.90 Å². The lowest BCUT2D eigenvalue weighted by Crippen LogP contribution is -2.30. The summed E-state index contributed by atoms with van der Waals surface area (Å²) in [7, 11) is -0.699. The van der Waals surface area contributed by atoms with Crippen molar-refractivity contribution in [2.24, 2.45) is 0 Å². The fraction of sp³-hybridized carbons (Fsp3) is 0.235. The van der Waals surface area contributed by atoms with Crippen LogP contribution in [0.5, 0.6) is 5.75 Å². The standard InChI is InChI=1S/C17H18BrClN2O4S/c1-11(25-16-8-7-12(18)9-15(16)19)17(22)20-13-5-4-6-14(10-13)26(23,24)21(2)3/h4-11H,1-3H3,(H,20,22). The van der Waals surface area contributed by atoms with Crippen LogP contribution < -0.4 is 10.1 Å². The number of amides is 1. The Morgan fingerprint density at radius 3 is 2.54 bits per heavy atom. The third kappa shape index (κ3) is 4.97. The molecular formula is C17H18BrClN2O4S. The third-order valence-electron chi connectivity index (χ3n) is 3.45. The topological polar surface area (TPSA) is 75.7 Å². The van der Waals surface area contributed by atoms with E-state index in [0.29, 0.717) is 16.5 Å². The highest BCUT2D eigenvalue weighted by atomic mass is 79.9. The molecule has 1 unspecified atom stereocenters. The van der Waals surface area contributed by atoms with Crippen LogP contribution in [0, 0.1) is 0 Å². The first-order valence-electron chi connectivity index (χ1n) is 7.56. The number of ether oxygens (including phenoxy) is 1. The lowest BCUT2D eigenvalue weighted by Gasteiger charge is -2.16. The van der Waals surface area contributed by atoms with Crippen molar-refractivity contribution in [3.63, 3.8) is 0 Å². The molecule has 6 nitrogen and oxygen atoms in total. The van der Waals surface area contributed by atoms with Gasteiger partial charge < -0.3 is 10.1 Å². The lowest BCUT2D eigenvalue weighted by molar-refractivity contribution is -0.122.